The predicted octanol–water partition coefficient (Wildman–Crippen LogP) is 11.5. The van der Waals surface area contributed by atoms with E-state index in [1.54, 1.807) is 0 Å². The van der Waals surface area contributed by atoms with Crippen LogP contribution in [0.5, 0.6) is 0 Å². The van der Waals surface area contributed by atoms with Gasteiger partial charge in [-0.15, -0.1) is 0 Å². The highest BCUT2D eigenvalue weighted by atomic mass is 16.3. The molecule has 242 valence electrons. The maximum absolute atomic E-state index is 6.66. The van der Waals surface area contributed by atoms with Gasteiger partial charge in [-0.2, -0.15) is 15.0 Å². The quantitative estimate of drug-likeness (QED) is 0.187. The Bertz CT molecular complexity index is 3380. The number of rotatable bonds is 3. The maximum Gasteiger partial charge on any atom is 0.240 e. The molecule has 0 unspecified atom stereocenters. The second-order valence-corrected chi connectivity index (χ2v) is 13.2. The molecule has 5 heterocycles. The van der Waals surface area contributed by atoms with Crippen LogP contribution in [-0.4, -0.2) is 24.1 Å². The zero-order valence-corrected chi connectivity index (χ0v) is 27.5. The first-order valence-corrected chi connectivity index (χ1v) is 17.3. The zero-order chi connectivity index (χ0) is 33.9. The van der Waals surface area contributed by atoms with Gasteiger partial charge in [0.05, 0.1) is 16.6 Å². The summed E-state index contributed by atoms with van der Waals surface area (Å²) in [6.07, 6.45) is 0. The standard InChI is InChI=1S/C45H25N5O2/c1-6-16-35-27(11-1)28-12-2-7-17-36(28)49(35)44-46-43(26-21-24-40-34(25-26)31-15-5-9-19-38(31)51-40)47-45(48-44)50-37-18-8-3-13-29(37)32-22-23-33-30-14-4-10-20-39(30)52-42(33)41(32)50/h1-25H. The van der Waals surface area contributed by atoms with Gasteiger partial charge in [0, 0.05) is 48.7 Å². The average Bonchev–Trinajstić information content (AvgIpc) is 3.95. The summed E-state index contributed by atoms with van der Waals surface area (Å²) in [5.74, 6) is 1.58. The first kappa shape index (κ1) is 27.6. The van der Waals surface area contributed by atoms with Crippen LogP contribution in [0.1, 0.15) is 0 Å². The Morgan fingerprint density at radius 3 is 1.56 bits per heavy atom. The molecule has 0 spiro atoms. The van der Waals surface area contributed by atoms with Gasteiger partial charge >= 0.3 is 0 Å². The molecule has 52 heavy (non-hydrogen) atoms. The van der Waals surface area contributed by atoms with Crippen molar-refractivity contribution in [1.82, 2.24) is 24.1 Å². The summed E-state index contributed by atoms with van der Waals surface area (Å²) in [5.41, 5.74) is 8.08. The Morgan fingerprint density at radius 2 is 0.865 bits per heavy atom. The van der Waals surface area contributed by atoms with Crippen LogP contribution >= 0.6 is 0 Å². The van der Waals surface area contributed by atoms with Crippen LogP contribution in [0.4, 0.5) is 0 Å². The van der Waals surface area contributed by atoms with Gasteiger partial charge in [-0.1, -0.05) is 97.1 Å². The van der Waals surface area contributed by atoms with E-state index in [1.807, 2.05) is 48.5 Å². The Hall–Kier alpha value is -7.25. The molecule has 0 saturated carbocycles. The van der Waals surface area contributed by atoms with Crippen molar-refractivity contribution in [2.24, 2.45) is 0 Å². The molecule has 0 amide bonds. The normalized spacial score (nSPS) is 12.2. The summed E-state index contributed by atoms with van der Waals surface area (Å²) >= 11 is 0. The van der Waals surface area contributed by atoms with Crippen molar-refractivity contribution in [2.75, 3.05) is 0 Å². The van der Waals surface area contributed by atoms with E-state index in [-0.39, 0.29) is 0 Å². The summed E-state index contributed by atoms with van der Waals surface area (Å²) in [5, 5.41) is 8.59. The van der Waals surface area contributed by atoms with Crippen LogP contribution in [0.15, 0.2) is 160 Å². The second kappa shape index (κ2) is 10.2. The molecule has 12 aromatic rings. The fourth-order valence-electron chi connectivity index (χ4n) is 8.12. The summed E-state index contributed by atoms with van der Waals surface area (Å²) in [4.78, 5) is 15.9. The number of nitrogens with zero attached hydrogens (tertiary/aromatic N) is 5. The number of aromatic nitrogens is 5. The van der Waals surface area contributed by atoms with E-state index in [0.717, 1.165) is 93.1 Å². The molecule has 0 radical (unpaired) electrons. The van der Waals surface area contributed by atoms with E-state index in [9.17, 15) is 0 Å². The van der Waals surface area contributed by atoms with Crippen LogP contribution in [0.3, 0.4) is 0 Å². The molecule has 5 aromatic heterocycles. The van der Waals surface area contributed by atoms with E-state index in [4.69, 9.17) is 23.8 Å². The number of benzene rings is 7. The van der Waals surface area contributed by atoms with Crippen LogP contribution in [0, 0.1) is 0 Å². The van der Waals surface area contributed by atoms with E-state index in [0.29, 0.717) is 17.7 Å². The molecule has 7 aromatic carbocycles. The van der Waals surface area contributed by atoms with Crippen LogP contribution < -0.4 is 0 Å². The number of para-hydroxylation sites is 5. The number of fused-ring (bicyclic) bond motifs is 13. The van der Waals surface area contributed by atoms with E-state index in [2.05, 4.69) is 112 Å². The van der Waals surface area contributed by atoms with Crippen molar-refractivity contribution < 1.29 is 8.83 Å². The lowest BCUT2D eigenvalue weighted by Crippen LogP contribution is -2.10. The first-order valence-electron chi connectivity index (χ1n) is 17.3. The van der Waals surface area contributed by atoms with Gasteiger partial charge in [0.25, 0.3) is 0 Å². The second-order valence-electron chi connectivity index (χ2n) is 13.2. The highest BCUT2D eigenvalue weighted by molar-refractivity contribution is 6.21. The summed E-state index contributed by atoms with van der Waals surface area (Å²) < 4.78 is 17.1. The number of furan rings is 2. The third-order valence-corrected chi connectivity index (χ3v) is 10.4. The molecule has 0 N–H and O–H groups in total. The van der Waals surface area contributed by atoms with Gasteiger partial charge < -0.3 is 8.83 Å². The van der Waals surface area contributed by atoms with E-state index in [1.165, 1.54) is 0 Å². The Morgan fingerprint density at radius 1 is 0.365 bits per heavy atom. The van der Waals surface area contributed by atoms with E-state index >= 15 is 0 Å². The van der Waals surface area contributed by atoms with Crippen molar-refractivity contribution in [3.63, 3.8) is 0 Å². The van der Waals surface area contributed by atoms with Gasteiger partial charge in [-0.05, 0) is 54.6 Å². The topological polar surface area (TPSA) is 74.8 Å². The van der Waals surface area contributed by atoms with Crippen LogP contribution in [-0.2, 0) is 0 Å². The van der Waals surface area contributed by atoms with Crippen molar-refractivity contribution >= 4 is 87.5 Å². The molecule has 7 heteroatoms. The van der Waals surface area contributed by atoms with E-state index < -0.39 is 0 Å². The fourth-order valence-corrected chi connectivity index (χ4v) is 8.12. The molecule has 0 fully saturated rings. The van der Waals surface area contributed by atoms with Gasteiger partial charge in [0.15, 0.2) is 11.4 Å². The van der Waals surface area contributed by atoms with Crippen molar-refractivity contribution in [3.8, 4) is 23.3 Å². The third kappa shape index (κ3) is 3.71. The zero-order valence-electron chi connectivity index (χ0n) is 27.5. The lowest BCUT2D eigenvalue weighted by atomic mass is 10.1. The van der Waals surface area contributed by atoms with Crippen molar-refractivity contribution in [1.29, 1.82) is 0 Å². The fraction of sp³-hybridized carbons (Fsp3) is 0. The Kier molecular flexibility index (Phi) is 5.38. The van der Waals surface area contributed by atoms with Gasteiger partial charge in [0.2, 0.25) is 11.9 Å². The number of hydrogen-bond acceptors (Lipinski definition) is 5. The SMILES string of the molecule is c1ccc2c(c1)oc1ccc(-c3nc(-n4c5ccccc5c5ccccc54)nc(-n4c5ccccc5c5ccc6c7ccccc7oc6c54)n3)cc12. The van der Waals surface area contributed by atoms with Gasteiger partial charge in [-0.25, -0.2) is 0 Å². The third-order valence-electron chi connectivity index (χ3n) is 10.4. The average molecular weight is 668 g/mol. The molecule has 7 nitrogen and oxygen atoms in total. The van der Waals surface area contributed by atoms with Crippen LogP contribution in [0.2, 0.25) is 0 Å². The predicted molar refractivity (Wildman–Crippen MR) is 208 cm³/mol. The molecule has 0 bridgehead atoms. The lowest BCUT2D eigenvalue weighted by Gasteiger charge is -2.12. The Balaban J connectivity index is 1.23. The van der Waals surface area contributed by atoms with Crippen molar-refractivity contribution in [2.45, 2.75) is 0 Å². The molecule has 0 atom stereocenters. The largest absolute Gasteiger partial charge is 0.456 e. The minimum Gasteiger partial charge on any atom is -0.456 e. The van der Waals surface area contributed by atoms with Gasteiger partial charge in [-0.3, -0.25) is 9.13 Å². The molecule has 12 rings (SSSR count). The highest BCUT2D eigenvalue weighted by Gasteiger charge is 2.23. The molecule has 0 aliphatic carbocycles. The molecule has 0 saturated heterocycles. The minimum absolute atomic E-state index is 0.498. The molecule has 0 aliphatic rings. The lowest BCUT2D eigenvalue weighted by molar-refractivity contribution is 0.669. The maximum atomic E-state index is 6.66. The smallest absolute Gasteiger partial charge is 0.240 e. The summed E-state index contributed by atoms with van der Waals surface area (Å²) in [6, 6.07) is 52.0. The molecular weight excluding hydrogens is 643 g/mol. The summed E-state index contributed by atoms with van der Waals surface area (Å²) in [7, 11) is 0. The minimum atomic E-state index is 0.498. The van der Waals surface area contributed by atoms with Crippen molar-refractivity contribution in [3.05, 3.63) is 152 Å². The number of hydrogen-bond donors (Lipinski definition) is 0. The molecule has 0 aliphatic heterocycles. The van der Waals surface area contributed by atoms with Crippen LogP contribution in [0.25, 0.3) is 111 Å². The highest BCUT2D eigenvalue weighted by Crippen LogP contribution is 2.41. The Labute approximate surface area is 294 Å². The monoisotopic (exact) mass is 667 g/mol. The molecular formula is C45H25N5O2. The first-order chi connectivity index (χ1) is 25.8. The summed E-state index contributed by atoms with van der Waals surface area (Å²) in [6.45, 7) is 0. The van der Waals surface area contributed by atoms with Gasteiger partial charge in [0.1, 0.15) is 22.3 Å².